The molecule has 0 radical (unpaired) electrons. The minimum absolute atomic E-state index is 0.1000. The first kappa shape index (κ1) is 14.0. The molecular formula is C13H17N5O2. The summed E-state index contributed by atoms with van der Waals surface area (Å²) < 4.78 is 4.54. The Labute approximate surface area is 116 Å². The molecule has 0 atom stereocenters. The molecule has 1 amide bonds. The first-order valence-electron chi connectivity index (χ1n) is 6.36. The van der Waals surface area contributed by atoms with E-state index in [0.29, 0.717) is 24.5 Å². The third-order valence-corrected chi connectivity index (χ3v) is 2.86. The van der Waals surface area contributed by atoms with Crippen molar-refractivity contribution in [2.24, 2.45) is 0 Å². The van der Waals surface area contributed by atoms with Crippen LogP contribution in [0.3, 0.4) is 0 Å². The van der Waals surface area contributed by atoms with Gasteiger partial charge in [-0.05, 0) is 25.5 Å². The fourth-order valence-electron chi connectivity index (χ4n) is 1.70. The van der Waals surface area contributed by atoms with Crippen LogP contribution in [-0.4, -0.2) is 34.3 Å². The molecule has 106 valence electrons. The Morgan fingerprint density at radius 1 is 1.30 bits per heavy atom. The minimum atomic E-state index is -0.1000. The van der Waals surface area contributed by atoms with Crippen molar-refractivity contribution in [2.45, 2.75) is 20.3 Å². The van der Waals surface area contributed by atoms with Gasteiger partial charge in [-0.3, -0.25) is 9.78 Å². The average Bonchev–Trinajstić information content (AvgIpc) is 2.82. The SMILES string of the molecule is Cc1cnccc1NCCNC(=O)Cc1nonc1C. The van der Waals surface area contributed by atoms with E-state index in [-0.39, 0.29) is 12.3 Å². The number of hydrogen-bond donors (Lipinski definition) is 2. The number of pyridine rings is 1. The van der Waals surface area contributed by atoms with Crippen LogP contribution in [0.2, 0.25) is 0 Å². The van der Waals surface area contributed by atoms with Crippen molar-refractivity contribution in [1.29, 1.82) is 0 Å². The molecule has 0 saturated carbocycles. The maximum Gasteiger partial charge on any atom is 0.226 e. The summed E-state index contributed by atoms with van der Waals surface area (Å²) in [5.41, 5.74) is 3.31. The monoisotopic (exact) mass is 275 g/mol. The molecule has 2 aromatic rings. The van der Waals surface area contributed by atoms with Crippen LogP contribution in [0.1, 0.15) is 17.0 Å². The maximum absolute atomic E-state index is 11.7. The van der Waals surface area contributed by atoms with E-state index in [4.69, 9.17) is 0 Å². The number of aromatic nitrogens is 3. The van der Waals surface area contributed by atoms with E-state index in [2.05, 4.69) is 30.6 Å². The van der Waals surface area contributed by atoms with E-state index >= 15 is 0 Å². The van der Waals surface area contributed by atoms with Crippen molar-refractivity contribution < 1.29 is 9.42 Å². The van der Waals surface area contributed by atoms with Crippen molar-refractivity contribution in [3.63, 3.8) is 0 Å². The largest absolute Gasteiger partial charge is 0.383 e. The molecule has 2 heterocycles. The number of anilines is 1. The van der Waals surface area contributed by atoms with Gasteiger partial charge in [0.2, 0.25) is 5.91 Å². The van der Waals surface area contributed by atoms with Crippen LogP contribution in [0, 0.1) is 13.8 Å². The van der Waals surface area contributed by atoms with Gasteiger partial charge in [0.15, 0.2) is 0 Å². The van der Waals surface area contributed by atoms with E-state index in [0.717, 1.165) is 11.3 Å². The number of amides is 1. The van der Waals surface area contributed by atoms with E-state index in [1.165, 1.54) is 0 Å². The van der Waals surface area contributed by atoms with Crippen molar-refractivity contribution in [1.82, 2.24) is 20.6 Å². The lowest BCUT2D eigenvalue weighted by Gasteiger charge is -2.09. The van der Waals surface area contributed by atoms with Crippen LogP contribution >= 0.6 is 0 Å². The van der Waals surface area contributed by atoms with Crippen LogP contribution < -0.4 is 10.6 Å². The number of aryl methyl sites for hydroxylation is 2. The van der Waals surface area contributed by atoms with Gasteiger partial charge in [-0.25, -0.2) is 4.63 Å². The molecule has 0 spiro atoms. The number of rotatable bonds is 6. The molecule has 0 aliphatic heterocycles. The van der Waals surface area contributed by atoms with Crippen LogP contribution in [-0.2, 0) is 11.2 Å². The molecule has 0 unspecified atom stereocenters. The second kappa shape index (κ2) is 6.65. The third-order valence-electron chi connectivity index (χ3n) is 2.86. The first-order valence-corrected chi connectivity index (χ1v) is 6.36. The van der Waals surface area contributed by atoms with E-state index < -0.39 is 0 Å². The minimum Gasteiger partial charge on any atom is -0.383 e. The standard InChI is InChI=1S/C13H17N5O2/c1-9-8-14-4-3-11(9)15-5-6-16-13(19)7-12-10(2)17-20-18-12/h3-4,8H,5-7H2,1-2H3,(H,14,15)(H,16,19). The Morgan fingerprint density at radius 2 is 2.15 bits per heavy atom. The Balaban J connectivity index is 1.70. The molecule has 2 aromatic heterocycles. The molecule has 7 heteroatoms. The summed E-state index contributed by atoms with van der Waals surface area (Å²) >= 11 is 0. The number of nitrogens with one attached hydrogen (secondary N) is 2. The lowest BCUT2D eigenvalue weighted by atomic mass is 10.2. The molecule has 2 N–H and O–H groups in total. The highest BCUT2D eigenvalue weighted by Crippen LogP contribution is 2.10. The van der Waals surface area contributed by atoms with Crippen molar-refractivity contribution in [3.05, 3.63) is 35.4 Å². The molecule has 7 nitrogen and oxygen atoms in total. The van der Waals surface area contributed by atoms with E-state index in [1.807, 2.05) is 13.0 Å². The van der Waals surface area contributed by atoms with Gasteiger partial charge < -0.3 is 10.6 Å². The average molecular weight is 275 g/mol. The van der Waals surface area contributed by atoms with Crippen LogP contribution in [0.25, 0.3) is 0 Å². The quantitative estimate of drug-likeness (QED) is 0.759. The van der Waals surface area contributed by atoms with E-state index in [1.54, 1.807) is 19.3 Å². The third kappa shape index (κ3) is 3.78. The molecule has 0 saturated heterocycles. The number of carbonyl (C=O) groups is 1. The van der Waals surface area contributed by atoms with Gasteiger partial charge in [0.1, 0.15) is 11.4 Å². The molecule has 20 heavy (non-hydrogen) atoms. The lowest BCUT2D eigenvalue weighted by molar-refractivity contribution is -0.120. The molecule has 2 rings (SSSR count). The predicted molar refractivity (Wildman–Crippen MR) is 73.2 cm³/mol. The Bertz CT molecular complexity index is 582. The summed E-state index contributed by atoms with van der Waals surface area (Å²) in [6.07, 6.45) is 3.71. The number of hydrogen-bond acceptors (Lipinski definition) is 6. The van der Waals surface area contributed by atoms with Gasteiger partial charge in [0.25, 0.3) is 0 Å². The molecular weight excluding hydrogens is 258 g/mol. The molecule has 0 fully saturated rings. The fraction of sp³-hybridized carbons (Fsp3) is 0.385. The first-order chi connectivity index (χ1) is 9.66. The topological polar surface area (TPSA) is 92.9 Å². The molecule has 0 bridgehead atoms. The highest BCUT2D eigenvalue weighted by molar-refractivity contribution is 5.78. The summed E-state index contributed by atoms with van der Waals surface area (Å²) in [6.45, 7) is 4.92. The number of nitrogens with zero attached hydrogens (tertiary/aromatic N) is 3. The Kier molecular flexibility index (Phi) is 4.65. The summed E-state index contributed by atoms with van der Waals surface area (Å²) in [4.78, 5) is 15.7. The van der Waals surface area contributed by atoms with Crippen LogP contribution in [0.4, 0.5) is 5.69 Å². The van der Waals surface area contributed by atoms with Gasteiger partial charge in [0.05, 0.1) is 6.42 Å². The van der Waals surface area contributed by atoms with Crippen molar-refractivity contribution in [3.8, 4) is 0 Å². The van der Waals surface area contributed by atoms with E-state index in [9.17, 15) is 4.79 Å². The zero-order valence-corrected chi connectivity index (χ0v) is 11.5. The van der Waals surface area contributed by atoms with Gasteiger partial charge in [-0.2, -0.15) is 0 Å². The zero-order chi connectivity index (χ0) is 14.4. The number of carbonyl (C=O) groups excluding carboxylic acids is 1. The summed E-state index contributed by atoms with van der Waals surface area (Å²) in [5, 5.41) is 13.4. The highest BCUT2D eigenvalue weighted by Gasteiger charge is 2.10. The van der Waals surface area contributed by atoms with Gasteiger partial charge in [-0.1, -0.05) is 10.3 Å². The second-order valence-corrected chi connectivity index (χ2v) is 4.44. The molecule has 0 aromatic carbocycles. The normalized spacial score (nSPS) is 10.3. The summed E-state index contributed by atoms with van der Waals surface area (Å²) in [6, 6.07) is 1.90. The van der Waals surface area contributed by atoms with Crippen molar-refractivity contribution in [2.75, 3.05) is 18.4 Å². The summed E-state index contributed by atoms with van der Waals surface area (Å²) in [7, 11) is 0. The van der Waals surface area contributed by atoms with Gasteiger partial charge in [-0.15, -0.1) is 0 Å². The van der Waals surface area contributed by atoms with Crippen molar-refractivity contribution >= 4 is 11.6 Å². The Morgan fingerprint density at radius 3 is 2.85 bits per heavy atom. The maximum atomic E-state index is 11.7. The van der Waals surface area contributed by atoms with Gasteiger partial charge >= 0.3 is 0 Å². The highest BCUT2D eigenvalue weighted by atomic mass is 16.6. The Hall–Kier alpha value is -2.44. The zero-order valence-electron chi connectivity index (χ0n) is 11.5. The van der Waals surface area contributed by atoms with Crippen LogP contribution in [0.5, 0.6) is 0 Å². The summed E-state index contributed by atoms with van der Waals surface area (Å²) in [5.74, 6) is -0.1000. The molecule has 0 aliphatic rings. The second-order valence-electron chi connectivity index (χ2n) is 4.44. The fourth-order valence-corrected chi connectivity index (χ4v) is 1.70. The lowest BCUT2D eigenvalue weighted by Crippen LogP contribution is -2.30. The van der Waals surface area contributed by atoms with Gasteiger partial charge in [0, 0.05) is 31.2 Å². The molecule has 0 aliphatic carbocycles. The smallest absolute Gasteiger partial charge is 0.226 e. The van der Waals surface area contributed by atoms with Crippen LogP contribution in [0.15, 0.2) is 23.1 Å². The predicted octanol–water partition coefficient (Wildman–Crippen LogP) is 0.852.